The van der Waals surface area contributed by atoms with E-state index in [9.17, 15) is 0 Å². The van der Waals surface area contributed by atoms with Gasteiger partial charge in [-0.2, -0.15) is 0 Å². The number of nitrogens with zero attached hydrogens (tertiary/aromatic N) is 4. The Balaban J connectivity index is 1.03. The van der Waals surface area contributed by atoms with Gasteiger partial charge in [-0.25, -0.2) is 15.0 Å². The van der Waals surface area contributed by atoms with Crippen molar-refractivity contribution in [3.8, 4) is 51.0 Å². The molecule has 5 nitrogen and oxygen atoms in total. The van der Waals surface area contributed by atoms with Crippen LogP contribution in [0.15, 0.2) is 199 Å². The minimum atomic E-state index is 0.597. The molecule has 9 aromatic carbocycles. The highest BCUT2D eigenvalue weighted by molar-refractivity contribution is 6.14. The van der Waals surface area contributed by atoms with E-state index < -0.39 is 0 Å². The summed E-state index contributed by atoms with van der Waals surface area (Å²) in [7, 11) is 0. The van der Waals surface area contributed by atoms with Gasteiger partial charge in [-0.15, -0.1) is 0 Å². The first-order valence-corrected chi connectivity index (χ1v) is 19.5. The first-order valence-electron chi connectivity index (χ1n) is 19.5. The van der Waals surface area contributed by atoms with Crippen LogP contribution in [0.2, 0.25) is 0 Å². The SMILES string of the molecule is c1cc(-c2nc(-c3ccc(-n4c5ccccc5c5ccccc54)cc3)nc(-c3ccc4oc5ccccc5c4c3)n2)cc(-c2cccc3ccc4ccccc4c23)c1. The van der Waals surface area contributed by atoms with Crippen LogP contribution < -0.4 is 0 Å². The van der Waals surface area contributed by atoms with Crippen molar-refractivity contribution in [3.05, 3.63) is 194 Å². The molecule has 3 heterocycles. The van der Waals surface area contributed by atoms with E-state index in [2.05, 4.69) is 168 Å². The minimum absolute atomic E-state index is 0.597. The van der Waals surface area contributed by atoms with Crippen molar-refractivity contribution in [2.75, 3.05) is 0 Å². The molecule has 58 heavy (non-hydrogen) atoms. The van der Waals surface area contributed by atoms with Gasteiger partial charge in [0.25, 0.3) is 0 Å². The summed E-state index contributed by atoms with van der Waals surface area (Å²) in [5.74, 6) is 1.81. The molecule has 0 N–H and O–H groups in total. The summed E-state index contributed by atoms with van der Waals surface area (Å²) in [6.45, 7) is 0. The Morgan fingerprint density at radius 3 is 1.67 bits per heavy atom. The smallest absolute Gasteiger partial charge is 0.164 e. The normalized spacial score (nSPS) is 11.8. The lowest BCUT2D eigenvalue weighted by atomic mass is 9.93. The second kappa shape index (κ2) is 12.8. The second-order valence-electron chi connectivity index (χ2n) is 14.8. The molecule has 0 atom stereocenters. The molecule has 0 saturated carbocycles. The lowest BCUT2D eigenvalue weighted by Gasteiger charge is -2.13. The number of aromatic nitrogens is 4. The number of furan rings is 1. The average Bonchev–Trinajstić information content (AvgIpc) is 3.84. The van der Waals surface area contributed by atoms with E-state index in [4.69, 9.17) is 19.4 Å². The summed E-state index contributed by atoms with van der Waals surface area (Å²) < 4.78 is 8.51. The maximum atomic E-state index is 6.18. The predicted octanol–water partition coefficient (Wildman–Crippen LogP) is 13.8. The fourth-order valence-corrected chi connectivity index (χ4v) is 8.71. The molecule has 270 valence electrons. The van der Waals surface area contributed by atoms with Crippen molar-refractivity contribution >= 4 is 65.3 Å². The van der Waals surface area contributed by atoms with Gasteiger partial charge < -0.3 is 8.98 Å². The standard InChI is InChI=1S/C53H32N4O/c1-2-15-40-33(11-1)23-24-34-12-10-19-41(50(34)40)36-13-9-14-37(31-36)52-54-51(55-53(56-52)38-27-30-49-45(32-38)44-18-5-8-22-48(44)58-49)35-25-28-39(29-26-35)57-46-20-6-3-16-42(46)43-17-4-7-21-47(43)57/h1-32H. The molecule has 0 fully saturated rings. The molecule has 0 aliphatic rings. The van der Waals surface area contributed by atoms with E-state index in [-0.39, 0.29) is 0 Å². The first-order chi connectivity index (χ1) is 28.7. The molecule has 0 unspecified atom stereocenters. The third-order valence-corrected chi connectivity index (χ3v) is 11.4. The molecule has 12 rings (SSSR count). The topological polar surface area (TPSA) is 56.7 Å². The highest BCUT2D eigenvalue weighted by Crippen LogP contribution is 2.38. The van der Waals surface area contributed by atoms with Gasteiger partial charge in [-0.3, -0.25) is 0 Å². The Kier molecular flexibility index (Phi) is 7.16. The van der Waals surface area contributed by atoms with Crippen LogP contribution in [0, 0.1) is 0 Å². The van der Waals surface area contributed by atoms with Crippen LogP contribution in [0.1, 0.15) is 0 Å². The third kappa shape index (κ3) is 5.14. The van der Waals surface area contributed by atoms with E-state index >= 15 is 0 Å². The van der Waals surface area contributed by atoms with Crippen LogP contribution in [0.3, 0.4) is 0 Å². The zero-order valence-corrected chi connectivity index (χ0v) is 31.2. The van der Waals surface area contributed by atoms with Gasteiger partial charge in [-0.05, 0) is 99.4 Å². The van der Waals surface area contributed by atoms with Crippen LogP contribution >= 0.6 is 0 Å². The van der Waals surface area contributed by atoms with Crippen molar-refractivity contribution < 1.29 is 4.42 Å². The van der Waals surface area contributed by atoms with E-state index in [0.717, 1.165) is 49.9 Å². The number of fused-ring (bicyclic) bond motifs is 9. The molecule has 3 aromatic heterocycles. The Labute approximate surface area is 333 Å². The average molecular weight is 741 g/mol. The molecule has 0 amide bonds. The van der Waals surface area contributed by atoms with Crippen molar-refractivity contribution in [1.29, 1.82) is 0 Å². The van der Waals surface area contributed by atoms with Crippen molar-refractivity contribution in [2.24, 2.45) is 0 Å². The van der Waals surface area contributed by atoms with Crippen LogP contribution in [0.4, 0.5) is 0 Å². The van der Waals surface area contributed by atoms with E-state index in [1.807, 2.05) is 30.3 Å². The van der Waals surface area contributed by atoms with Gasteiger partial charge in [0.2, 0.25) is 0 Å². The summed E-state index contributed by atoms with van der Waals surface area (Å²) in [5.41, 5.74) is 10.1. The molecule has 0 radical (unpaired) electrons. The fourth-order valence-electron chi connectivity index (χ4n) is 8.71. The summed E-state index contributed by atoms with van der Waals surface area (Å²) in [6.07, 6.45) is 0. The Bertz CT molecular complexity index is 3530. The van der Waals surface area contributed by atoms with Gasteiger partial charge in [0.05, 0.1) is 11.0 Å². The lowest BCUT2D eigenvalue weighted by Crippen LogP contribution is -2.01. The number of hydrogen-bond donors (Lipinski definition) is 0. The first kappa shape index (κ1) is 32.4. The highest BCUT2D eigenvalue weighted by atomic mass is 16.3. The molecule has 12 aromatic rings. The van der Waals surface area contributed by atoms with Crippen LogP contribution in [-0.4, -0.2) is 19.5 Å². The molecular weight excluding hydrogens is 709 g/mol. The number of benzene rings is 9. The molecule has 0 bridgehead atoms. The van der Waals surface area contributed by atoms with Gasteiger partial charge in [0.15, 0.2) is 17.5 Å². The highest BCUT2D eigenvalue weighted by Gasteiger charge is 2.17. The van der Waals surface area contributed by atoms with E-state index in [0.29, 0.717) is 17.5 Å². The quantitative estimate of drug-likeness (QED) is 0.165. The minimum Gasteiger partial charge on any atom is -0.456 e. The summed E-state index contributed by atoms with van der Waals surface area (Å²) in [6, 6.07) is 68.1. The molecule has 5 heteroatoms. The third-order valence-electron chi connectivity index (χ3n) is 11.4. The largest absolute Gasteiger partial charge is 0.456 e. The van der Waals surface area contributed by atoms with Crippen LogP contribution in [0.25, 0.3) is 116 Å². The Morgan fingerprint density at radius 2 is 0.897 bits per heavy atom. The van der Waals surface area contributed by atoms with Crippen molar-refractivity contribution in [2.45, 2.75) is 0 Å². The molecule has 0 aliphatic heterocycles. The van der Waals surface area contributed by atoms with Gasteiger partial charge >= 0.3 is 0 Å². The zero-order valence-electron chi connectivity index (χ0n) is 31.2. The summed E-state index contributed by atoms with van der Waals surface area (Å²) in [5, 5.41) is 9.44. The maximum Gasteiger partial charge on any atom is 0.164 e. The monoisotopic (exact) mass is 740 g/mol. The Morgan fingerprint density at radius 1 is 0.345 bits per heavy atom. The summed E-state index contributed by atoms with van der Waals surface area (Å²) in [4.78, 5) is 15.5. The van der Waals surface area contributed by atoms with Crippen molar-refractivity contribution in [3.63, 3.8) is 0 Å². The second-order valence-corrected chi connectivity index (χ2v) is 14.8. The van der Waals surface area contributed by atoms with Gasteiger partial charge in [-0.1, -0.05) is 127 Å². The Hall–Kier alpha value is -7.89. The van der Waals surface area contributed by atoms with Crippen LogP contribution in [0.5, 0.6) is 0 Å². The zero-order chi connectivity index (χ0) is 38.2. The van der Waals surface area contributed by atoms with Crippen LogP contribution in [-0.2, 0) is 0 Å². The lowest BCUT2D eigenvalue weighted by molar-refractivity contribution is 0.669. The molecular formula is C53H32N4O. The maximum absolute atomic E-state index is 6.18. The van der Waals surface area contributed by atoms with Crippen molar-refractivity contribution in [1.82, 2.24) is 19.5 Å². The number of hydrogen-bond acceptors (Lipinski definition) is 4. The molecule has 0 saturated heterocycles. The molecule has 0 spiro atoms. The summed E-state index contributed by atoms with van der Waals surface area (Å²) >= 11 is 0. The van der Waals surface area contributed by atoms with Gasteiger partial charge in [0, 0.05) is 43.9 Å². The predicted molar refractivity (Wildman–Crippen MR) is 238 cm³/mol. The number of rotatable bonds is 5. The van der Waals surface area contributed by atoms with E-state index in [1.165, 1.54) is 48.9 Å². The fraction of sp³-hybridized carbons (Fsp3) is 0. The van der Waals surface area contributed by atoms with Gasteiger partial charge in [0.1, 0.15) is 11.2 Å². The number of para-hydroxylation sites is 3. The van der Waals surface area contributed by atoms with E-state index in [1.54, 1.807) is 0 Å². The molecule has 0 aliphatic carbocycles.